The van der Waals surface area contributed by atoms with E-state index in [0.717, 1.165) is 5.92 Å². The van der Waals surface area contributed by atoms with E-state index in [2.05, 4.69) is 45.0 Å². The SMILES string of the molecule is CC(C)C1(C)C=CN(C)CC1. The number of rotatable bonds is 1. The first kappa shape index (κ1) is 8.63. The van der Waals surface area contributed by atoms with Crippen LogP contribution in [-0.4, -0.2) is 18.5 Å². The summed E-state index contributed by atoms with van der Waals surface area (Å²) in [5.41, 5.74) is 0.437. The summed E-state index contributed by atoms with van der Waals surface area (Å²) < 4.78 is 0. The molecule has 1 atom stereocenters. The highest BCUT2D eigenvalue weighted by Crippen LogP contribution is 2.34. The maximum absolute atomic E-state index is 2.35. The Morgan fingerprint density at radius 3 is 2.45 bits per heavy atom. The van der Waals surface area contributed by atoms with Gasteiger partial charge in [-0.1, -0.05) is 26.8 Å². The van der Waals surface area contributed by atoms with Gasteiger partial charge in [-0.05, 0) is 24.0 Å². The lowest BCUT2D eigenvalue weighted by atomic mass is 9.75. The van der Waals surface area contributed by atoms with Gasteiger partial charge in [0.15, 0.2) is 0 Å². The number of nitrogens with zero attached hydrogens (tertiary/aromatic N) is 1. The zero-order valence-corrected chi connectivity index (χ0v) is 8.09. The van der Waals surface area contributed by atoms with E-state index in [9.17, 15) is 0 Å². The first-order chi connectivity index (χ1) is 5.04. The summed E-state index contributed by atoms with van der Waals surface area (Å²) in [5.74, 6) is 0.757. The fraction of sp³-hybridized carbons (Fsp3) is 0.800. The third-order valence-corrected chi connectivity index (χ3v) is 3.03. The molecule has 1 heteroatoms. The van der Waals surface area contributed by atoms with Gasteiger partial charge in [0.2, 0.25) is 0 Å². The molecule has 1 rings (SSSR count). The topological polar surface area (TPSA) is 3.24 Å². The van der Waals surface area contributed by atoms with Gasteiger partial charge in [0.05, 0.1) is 0 Å². The summed E-state index contributed by atoms with van der Waals surface area (Å²) in [4.78, 5) is 2.25. The molecule has 1 unspecified atom stereocenters. The Morgan fingerprint density at radius 2 is 2.09 bits per heavy atom. The highest BCUT2D eigenvalue weighted by atomic mass is 15.1. The highest BCUT2D eigenvalue weighted by molar-refractivity contribution is 5.02. The minimum atomic E-state index is 0.437. The van der Waals surface area contributed by atoms with Crippen LogP contribution in [0.3, 0.4) is 0 Å². The molecule has 1 heterocycles. The van der Waals surface area contributed by atoms with E-state index in [4.69, 9.17) is 0 Å². The normalized spacial score (nSPS) is 31.5. The summed E-state index contributed by atoms with van der Waals surface area (Å²) in [5, 5.41) is 0. The Labute approximate surface area is 70.1 Å². The van der Waals surface area contributed by atoms with Crippen LogP contribution >= 0.6 is 0 Å². The van der Waals surface area contributed by atoms with Gasteiger partial charge in [0, 0.05) is 13.6 Å². The molecule has 0 bridgehead atoms. The van der Waals surface area contributed by atoms with Crippen LogP contribution in [0.15, 0.2) is 12.3 Å². The second-order valence-electron chi connectivity index (χ2n) is 4.21. The van der Waals surface area contributed by atoms with Crippen LogP contribution in [-0.2, 0) is 0 Å². The van der Waals surface area contributed by atoms with Crippen LogP contribution in [0.4, 0.5) is 0 Å². The monoisotopic (exact) mass is 153 g/mol. The van der Waals surface area contributed by atoms with Crippen molar-refractivity contribution in [1.82, 2.24) is 4.90 Å². The molecule has 1 nitrogen and oxygen atoms in total. The third kappa shape index (κ3) is 1.76. The molecule has 1 aliphatic rings. The molecule has 0 amide bonds. The molecule has 64 valence electrons. The Kier molecular flexibility index (Phi) is 2.26. The van der Waals surface area contributed by atoms with Gasteiger partial charge in [0.1, 0.15) is 0 Å². The fourth-order valence-electron chi connectivity index (χ4n) is 1.35. The molecule has 0 aromatic carbocycles. The summed E-state index contributed by atoms with van der Waals surface area (Å²) in [6.07, 6.45) is 5.85. The van der Waals surface area contributed by atoms with E-state index < -0.39 is 0 Å². The summed E-state index contributed by atoms with van der Waals surface area (Å²) in [6, 6.07) is 0. The van der Waals surface area contributed by atoms with Crippen LogP contribution in [0.2, 0.25) is 0 Å². The first-order valence-electron chi connectivity index (χ1n) is 4.44. The number of hydrogen-bond donors (Lipinski definition) is 0. The Hall–Kier alpha value is -0.460. The largest absolute Gasteiger partial charge is 0.381 e. The molecule has 0 aliphatic carbocycles. The molecule has 0 aromatic heterocycles. The van der Waals surface area contributed by atoms with Crippen molar-refractivity contribution in [1.29, 1.82) is 0 Å². The van der Waals surface area contributed by atoms with E-state index in [1.165, 1.54) is 13.0 Å². The Bertz CT molecular complexity index is 160. The molecule has 0 fully saturated rings. The maximum atomic E-state index is 2.35. The lowest BCUT2D eigenvalue weighted by Crippen LogP contribution is -2.31. The van der Waals surface area contributed by atoms with E-state index in [1.54, 1.807) is 0 Å². The fourth-order valence-corrected chi connectivity index (χ4v) is 1.35. The Balaban J connectivity index is 2.68. The van der Waals surface area contributed by atoms with Gasteiger partial charge in [-0.3, -0.25) is 0 Å². The molecule has 0 saturated heterocycles. The van der Waals surface area contributed by atoms with Gasteiger partial charge >= 0.3 is 0 Å². The van der Waals surface area contributed by atoms with Crippen LogP contribution in [0.25, 0.3) is 0 Å². The number of hydrogen-bond acceptors (Lipinski definition) is 1. The standard InChI is InChI=1S/C10H19N/c1-9(2)10(3)5-7-11(4)8-6-10/h5,7,9H,6,8H2,1-4H3. The van der Waals surface area contributed by atoms with E-state index in [-0.39, 0.29) is 0 Å². The summed E-state index contributed by atoms with van der Waals surface area (Å²) in [7, 11) is 2.14. The van der Waals surface area contributed by atoms with E-state index in [0.29, 0.717) is 5.41 Å². The average Bonchev–Trinajstić information content (AvgIpc) is 1.95. The predicted octanol–water partition coefficient (Wildman–Crippen LogP) is 2.50. The van der Waals surface area contributed by atoms with E-state index in [1.807, 2.05) is 0 Å². The van der Waals surface area contributed by atoms with Gasteiger partial charge in [-0.25, -0.2) is 0 Å². The van der Waals surface area contributed by atoms with Crippen LogP contribution in [0.5, 0.6) is 0 Å². The second kappa shape index (κ2) is 2.88. The second-order valence-corrected chi connectivity index (χ2v) is 4.21. The lowest BCUT2D eigenvalue weighted by Gasteiger charge is -2.36. The maximum Gasteiger partial charge on any atom is 0.0177 e. The van der Waals surface area contributed by atoms with Crippen molar-refractivity contribution < 1.29 is 0 Å². The van der Waals surface area contributed by atoms with Gasteiger partial charge in [-0.2, -0.15) is 0 Å². The molecule has 11 heavy (non-hydrogen) atoms. The van der Waals surface area contributed by atoms with Gasteiger partial charge < -0.3 is 4.90 Å². The third-order valence-electron chi connectivity index (χ3n) is 3.03. The quantitative estimate of drug-likeness (QED) is 0.559. The summed E-state index contributed by atoms with van der Waals surface area (Å²) >= 11 is 0. The van der Waals surface area contributed by atoms with Gasteiger partial charge in [-0.15, -0.1) is 0 Å². The lowest BCUT2D eigenvalue weighted by molar-refractivity contribution is 0.221. The smallest absolute Gasteiger partial charge is 0.0177 e. The predicted molar refractivity (Wildman–Crippen MR) is 49.3 cm³/mol. The van der Waals surface area contributed by atoms with Crippen molar-refractivity contribution in [2.75, 3.05) is 13.6 Å². The molecule has 0 N–H and O–H groups in total. The van der Waals surface area contributed by atoms with E-state index >= 15 is 0 Å². The molecule has 0 spiro atoms. The zero-order chi connectivity index (χ0) is 8.48. The van der Waals surface area contributed by atoms with Crippen LogP contribution in [0.1, 0.15) is 27.2 Å². The molecular formula is C10H19N. The van der Waals surface area contributed by atoms with Crippen molar-refractivity contribution in [3.63, 3.8) is 0 Å². The molecule has 0 aromatic rings. The number of allylic oxidation sites excluding steroid dienone is 1. The molecule has 0 radical (unpaired) electrons. The molecular weight excluding hydrogens is 134 g/mol. The van der Waals surface area contributed by atoms with Crippen molar-refractivity contribution in [3.05, 3.63) is 12.3 Å². The zero-order valence-electron chi connectivity index (χ0n) is 8.09. The van der Waals surface area contributed by atoms with Gasteiger partial charge in [0.25, 0.3) is 0 Å². The highest BCUT2D eigenvalue weighted by Gasteiger charge is 2.27. The minimum absolute atomic E-state index is 0.437. The van der Waals surface area contributed by atoms with Crippen LogP contribution < -0.4 is 0 Å². The van der Waals surface area contributed by atoms with Crippen molar-refractivity contribution in [2.24, 2.45) is 11.3 Å². The van der Waals surface area contributed by atoms with Crippen LogP contribution in [0, 0.1) is 11.3 Å². The van der Waals surface area contributed by atoms with Crippen molar-refractivity contribution in [2.45, 2.75) is 27.2 Å². The Morgan fingerprint density at radius 1 is 1.45 bits per heavy atom. The first-order valence-corrected chi connectivity index (χ1v) is 4.44. The van der Waals surface area contributed by atoms with Crippen molar-refractivity contribution in [3.8, 4) is 0 Å². The molecule has 1 aliphatic heterocycles. The average molecular weight is 153 g/mol. The van der Waals surface area contributed by atoms with Crippen molar-refractivity contribution >= 4 is 0 Å². The molecule has 0 saturated carbocycles. The summed E-state index contributed by atoms with van der Waals surface area (Å²) in [6.45, 7) is 8.15. The minimum Gasteiger partial charge on any atom is -0.381 e.